The smallest absolute Gasteiger partial charge is 0.195 e. The summed E-state index contributed by atoms with van der Waals surface area (Å²) in [5.74, 6) is 0.390. The van der Waals surface area contributed by atoms with Gasteiger partial charge in [-0.05, 0) is 42.0 Å². The van der Waals surface area contributed by atoms with E-state index in [-0.39, 0.29) is 12.4 Å². The maximum Gasteiger partial charge on any atom is 0.195 e. The maximum atomic E-state index is 13.3. The molecule has 3 aromatic rings. The molecule has 0 bridgehead atoms. The lowest BCUT2D eigenvalue weighted by atomic mass is 9.71. The van der Waals surface area contributed by atoms with Crippen molar-refractivity contribution in [2.75, 3.05) is 13.2 Å². The minimum atomic E-state index is -1.27. The van der Waals surface area contributed by atoms with Gasteiger partial charge in [0.15, 0.2) is 5.78 Å². The number of hydrogen-bond acceptors (Lipinski definition) is 5. The van der Waals surface area contributed by atoms with Gasteiger partial charge in [0.1, 0.15) is 24.6 Å². The second-order valence-electron chi connectivity index (χ2n) is 7.85. The summed E-state index contributed by atoms with van der Waals surface area (Å²) in [6.45, 7) is 3.33. The highest BCUT2D eigenvalue weighted by atomic mass is 35.5. The number of nitrogens with one attached hydrogen (secondary N) is 1. The Hall–Kier alpha value is -2.38. The highest BCUT2D eigenvalue weighted by Crippen LogP contribution is 2.44. The number of aromatic amines is 1. The van der Waals surface area contributed by atoms with Crippen LogP contribution >= 0.6 is 11.6 Å². The molecule has 2 aromatic carbocycles. The third-order valence-corrected chi connectivity index (χ3v) is 5.81. The van der Waals surface area contributed by atoms with E-state index in [9.17, 15) is 15.0 Å². The fourth-order valence-corrected chi connectivity index (χ4v) is 4.05. The number of aliphatic hydroxyl groups excluding tert-OH is 3. The Balaban J connectivity index is 1.74. The molecule has 1 aliphatic carbocycles. The van der Waals surface area contributed by atoms with Crippen LogP contribution in [0.15, 0.2) is 36.4 Å². The molecule has 2 atom stereocenters. The summed E-state index contributed by atoms with van der Waals surface area (Å²) in [6, 6.07) is 10.6. The number of hydrogen-bond donors (Lipinski definition) is 4. The molecule has 0 fully saturated rings. The van der Waals surface area contributed by atoms with Gasteiger partial charge in [0.2, 0.25) is 0 Å². The van der Waals surface area contributed by atoms with Gasteiger partial charge in [-0.1, -0.05) is 25.4 Å². The Morgan fingerprint density at radius 2 is 1.90 bits per heavy atom. The molecule has 0 aliphatic heterocycles. The zero-order chi connectivity index (χ0) is 20.9. The fraction of sp³-hybridized carbons (Fsp3) is 0.318. The van der Waals surface area contributed by atoms with Crippen molar-refractivity contribution >= 4 is 28.3 Å². The van der Waals surface area contributed by atoms with Gasteiger partial charge in [-0.2, -0.15) is 0 Å². The molecular weight excluding hydrogens is 394 g/mol. The monoisotopic (exact) mass is 415 g/mol. The van der Waals surface area contributed by atoms with Gasteiger partial charge in [0.05, 0.1) is 12.2 Å². The standard InChI is InChI=1S/C22H22ClNO5/c1-22(2)15-8-12(29-10-18(27)17(26)9-25)4-5-13(15)20(28)19-14-7-11(23)3-6-16(14)24-21(19)22/h3-8,17-18,24-27H,9-10H2,1-2H3/t17-,18-/m1/s1. The average molecular weight is 416 g/mol. The van der Waals surface area contributed by atoms with Gasteiger partial charge in [0, 0.05) is 32.6 Å². The van der Waals surface area contributed by atoms with E-state index in [2.05, 4.69) is 4.98 Å². The van der Waals surface area contributed by atoms with Crippen molar-refractivity contribution in [1.82, 2.24) is 4.98 Å². The van der Waals surface area contributed by atoms with Gasteiger partial charge in [-0.25, -0.2) is 0 Å². The number of halogens is 1. The van der Waals surface area contributed by atoms with Crippen LogP contribution in [0.25, 0.3) is 10.9 Å². The SMILES string of the molecule is CC1(C)c2cc(OC[C@@H](O)[C@H](O)CO)ccc2C(=O)c2c1[nH]c1ccc(Cl)cc21. The number of ether oxygens (including phenoxy) is 1. The van der Waals surface area contributed by atoms with Crippen molar-refractivity contribution < 1.29 is 24.9 Å². The van der Waals surface area contributed by atoms with E-state index in [1.807, 2.05) is 19.9 Å². The summed E-state index contributed by atoms with van der Waals surface area (Å²) >= 11 is 6.16. The summed E-state index contributed by atoms with van der Waals surface area (Å²) < 4.78 is 5.59. The van der Waals surface area contributed by atoms with Crippen LogP contribution in [-0.4, -0.2) is 51.5 Å². The van der Waals surface area contributed by atoms with Crippen LogP contribution in [0.1, 0.15) is 41.0 Å². The number of carbonyl (C=O) groups is 1. The molecule has 152 valence electrons. The van der Waals surface area contributed by atoms with E-state index < -0.39 is 24.2 Å². The van der Waals surface area contributed by atoms with Crippen LogP contribution in [0.5, 0.6) is 5.75 Å². The van der Waals surface area contributed by atoms with Gasteiger partial charge < -0.3 is 25.0 Å². The molecule has 1 aromatic heterocycles. The van der Waals surface area contributed by atoms with E-state index in [1.54, 1.807) is 30.3 Å². The van der Waals surface area contributed by atoms with Crippen molar-refractivity contribution in [2.45, 2.75) is 31.5 Å². The van der Waals surface area contributed by atoms with Gasteiger partial charge >= 0.3 is 0 Å². The fourth-order valence-electron chi connectivity index (χ4n) is 3.88. The first kappa shape index (κ1) is 19.9. The molecule has 1 aliphatic rings. The summed E-state index contributed by atoms with van der Waals surface area (Å²) in [7, 11) is 0. The number of benzene rings is 2. The summed E-state index contributed by atoms with van der Waals surface area (Å²) in [5, 5.41) is 29.6. The molecule has 0 spiro atoms. The van der Waals surface area contributed by atoms with E-state index in [0.717, 1.165) is 22.2 Å². The molecule has 0 radical (unpaired) electrons. The molecular formula is C22H22ClNO5. The molecule has 0 saturated heterocycles. The van der Waals surface area contributed by atoms with Crippen molar-refractivity contribution in [3.8, 4) is 5.75 Å². The first-order valence-corrected chi connectivity index (χ1v) is 9.72. The Morgan fingerprint density at radius 1 is 1.14 bits per heavy atom. The molecule has 4 rings (SSSR count). The first-order chi connectivity index (χ1) is 13.7. The number of rotatable bonds is 5. The zero-order valence-electron chi connectivity index (χ0n) is 16.1. The molecule has 0 saturated carbocycles. The minimum Gasteiger partial charge on any atom is -0.491 e. The number of aliphatic hydroxyl groups is 3. The Kier molecular flexibility index (Phi) is 4.91. The first-order valence-electron chi connectivity index (χ1n) is 9.34. The molecule has 0 unspecified atom stereocenters. The number of carbonyl (C=O) groups excluding carboxylic acids is 1. The zero-order valence-corrected chi connectivity index (χ0v) is 16.8. The topological polar surface area (TPSA) is 103 Å². The third-order valence-electron chi connectivity index (χ3n) is 5.57. The second kappa shape index (κ2) is 7.15. The maximum absolute atomic E-state index is 13.3. The van der Waals surface area contributed by atoms with Crippen LogP contribution < -0.4 is 4.74 Å². The highest BCUT2D eigenvalue weighted by Gasteiger charge is 2.39. The van der Waals surface area contributed by atoms with Gasteiger partial charge in [-0.15, -0.1) is 0 Å². The third kappa shape index (κ3) is 3.22. The van der Waals surface area contributed by atoms with E-state index >= 15 is 0 Å². The number of aromatic nitrogens is 1. The number of fused-ring (bicyclic) bond motifs is 4. The summed E-state index contributed by atoms with van der Waals surface area (Å²) in [5.41, 5.74) is 3.21. The largest absolute Gasteiger partial charge is 0.491 e. The minimum absolute atomic E-state index is 0.0786. The second-order valence-corrected chi connectivity index (χ2v) is 8.29. The molecule has 1 heterocycles. The highest BCUT2D eigenvalue weighted by molar-refractivity contribution is 6.32. The van der Waals surface area contributed by atoms with E-state index in [0.29, 0.717) is 21.9 Å². The van der Waals surface area contributed by atoms with E-state index in [1.165, 1.54) is 0 Å². The van der Waals surface area contributed by atoms with Crippen molar-refractivity contribution in [3.63, 3.8) is 0 Å². The lowest BCUT2D eigenvalue weighted by Gasteiger charge is -2.32. The molecule has 6 nitrogen and oxygen atoms in total. The average Bonchev–Trinajstić information content (AvgIpc) is 3.09. The van der Waals surface area contributed by atoms with Crippen molar-refractivity contribution in [2.24, 2.45) is 0 Å². The normalized spacial score (nSPS) is 17.0. The number of ketones is 1. The van der Waals surface area contributed by atoms with Crippen LogP contribution in [0.3, 0.4) is 0 Å². The molecule has 29 heavy (non-hydrogen) atoms. The lowest BCUT2D eigenvalue weighted by molar-refractivity contribution is -0.0339. The van der Waals surface area contributed by atoms with Gasteiger partial charge in [0.25, 0.3) is 0 Å². The Labute approximate surface area is 172 Å². The quantitative estimate of drug-likeness (QED) is 0.513. The van der Waals surface area contributed by atoms with Crippen molar-refractivity contribution in [1.29, 1.82) is 0 Å². The Bertz CT molecular complexity index is 1100. The van der Waals surface area contributed by atoms with Crippen molar-refractivity contribution in [3.05, 3.63) is 63.8 Å². The lowest BCUT2D eigenvalue weighted by Crippen LogP contribution is -2.34. The summed E-state index contributed by atoms with van der Waals surface area (Å²) in [6.07, 6.45) is -2.48. The predicted octanol–water partition coefficient (Wildman–Crippen LogP) is 2.78. The van der Waals surface area contributed by atoms with Crippen LogP contribution in [0.4, 0.5) is 0 Å². The predicted molar refractivity (Wildman–Crippen MR) is 110 cm³/mol. The molecule has 7 heteroatoms. The Morgan fingerprint density at radius 3 is 2.62 bits per heavy atom. The summed E-state index contributed by atoms with van der Waals surface area (Å²) in [4.78, 5) is 16.7. The van der Waals surface area contributed by atoms with Crippen LogP contribution in [0.2, 0.25) is 5.02 Å². The van der Waals surface area contributed by atoms with E-state index in [4.69, 9.17) is 21.4 Å². The molecule has 0 amide bonds. The molecule has 4 N–H and O–H groups in total. The van der Waals surface area contributed by atoms with Crippen LogP contribution in [-0.2, 0) is 5.41 Å². The number of H-pyrrole nitrogens is 1. The van der Waals surface area contributed by atoms with Gasteiger partial charge in [-0.3, -0.25) is 4.79 Å². The van der Waals surface area contributed by atoms with Crippen LogP contribution in [0, 0.1) is 0 Å².